The quantitative estimate of drug-likeness (QED) is 0.319. The van der Waals surface area contributed by atoms with Crippen molar-refractivity contribution in [3.8, 4) is 0 Å². The van der Waals surface area contributed by atoms with E-state index < -0.39 is 23.8 Å². The van der Waals surface area contributed by atoms with Crippen LogP contribution in [-0.2, 0) is 28.6 Å². The van der Waals surface area contributed by atoms with E-state index in [9.17, 15) is 14.4 Å². The standard InChI is InChI=1S/C24H28BrNO6/c1-6-30-22(27)18(25)13-16-11-9-10-12-17(16)21-19(23(28)31-7-2)14(4)26-15(5)20(21)24(29)32-8-3/h9-13,21,26H,6-8H2,1-5H3/b18-13-. The number of allylic oxidation sites excluding steroid dienone is 2. The molecule has 8 heteroatoms. The van der Waals surface area contributed by atoms with Crippen LogP contribution in [0, 0.1) is 0 Å². The van der Waals surface area contributed by atoms with E-state index in [1.165, 1.54) is 0 Å². The Balaban J connectivity index is 2.74. The number of benzene rings is 1. The fourth-order valence-electron chi connectivity index (χ4n) is 3.56. The molecule has 0 radical (unpaired) electrons. The SMILES string of the molecule is CCOC(=O)C1=C(C)NC(C)=C(C(=O)OCC)C1c1ccccc1/C=C(\Br)C(=O)OCC. The molecule has 1 aromatic rings. The Morgan fingerprint density at radius 3 is 1.91 bits per heavy atom. The van der Waals surface area contributed by atoms with E-state index in [1.807, 2.05) is 18.2 Å². The molecule has 0 amide bonds. The van der Waals surface area contributed by atoms with Crippen LogP contribution < -0.4 is 5.32 Å². The van der Waals surface area contributed by atoms with Crippen molar-refractivity contribution >= 4 is 39.9 Å². The summed E-state index contributed by atoms with van der Waals surface area (Å²) >= 11 is 3.27. The van der Waals surface area contributed by atoms with Crippen molar-refractivity contribution in [2.45, 2.75) is 40.5 Å². The third-order valence-corrected chi connectivity index (χ3v) is 5.36. The van der Waals surface area contributed by atoms with E-state index in [0.29, 0.717) is 33.7 Å². The molecule has 0 atom stereocenters. The Morgan fingerprint density at radius 2 is 1.41 bits per heavy atom. The molecule has 0 aliphatic carbocycles. The highest BCUT2D eigenvalue weighted by Gasteiger charge is 2.38. The number of dihydropyridines is 1. The molecule has 1 heterocycles. The van der Waals surface area contributed by atoms with Crippen molar-refractivity contribution in [3.63, 3.8) is 0 Å². The van der Waals surface area contributed by atoms with Gasteiger partial charge in [0.1, 0.15) is 4.48 Å². The minimum atomic E-state index is -0.746. The smallest absolute Gasteiger partial charge is 0.345 e. The Labute approximate surface area is 196 Å². The van der Waals surface area contributed by atoms with E-state index in [4.69, 9.17) is 14.2 Å². The van der Waals surface area contributed by atoms with Crippen molar-refractivity contribution in [3.05, 3.63) is 62.4 Å². The average molecular weight is 506 g/mol. The van der Waals surface area contributed by atoms with E-state index in [2.05, 4.69) is 21.2 Å². The second-order valence-electron chi connectivity index (χ2n) is 6.92. The van der Waals surface area contributed by atoms with Crippen molar-refractivity contribution in [2.75, 3.05) is 19.8 Å². The van der Waals surface area contributed by atoms with E-state index in [-0.39, 0.29) is 24.3 Å². The molecular weight excluding hydrogens is 478 g/mol. The predicted octanol–water partition coefficient (Wildman–Crippen LogP) is 4.35. The first-order chi connectivity index (χ1) is 15.3. The number of carbonyl (C=O) groups is 3. The lowest BCUT2D eigenvalue weighted by atomic mass is 9.78. The number of ether oxygens (including phenoxy) is 3. The summed E-state index contributed by atoms with van der Waals surface area (Å²) in [6.07, 6.45) is 1.62. The summed E-state index contributed by atoms with van der Waals surface area (Å²) in [5, 5.41) is 3.11. The summed E-state index contributed by atoms with van der Waals surface area (Å²) in [5.74, 6) is -2.31. The lowest BCUT2D eigenvalue weighted by Crippen LogP contribution is -2.32. The van der Waals surface area contributed by atoms with Crippen LogP contribution >= 0.6 is 15.9 Å². The molecule has 0 unspecified atom stereocenters. The van der Waals surface area contributed by atoms with Crippen LogP contribution in [0.5, 0.6) is 0 Å². The number of hydrogen-bond acceptors (Lipinski definition) is 7. The maximum atomic E-state index is 13.0. The second kappa shape index (κ2) is 11.7. The van der Waals surface area contributed by atoms with Crippen LogP contribution in [0.25, 0.3) is 6.08 Å². The third kappa shape index (κ3) is 5.68. The van der Waals surface area contributed by atoms with Crippen LogP contribution in [0.3, 0.4) is 0 Å². The molecule has 32 heavy (non-hydrogen) atoms. The molecule has 2 rings (SSSR count). The number of esters is 3. The van der Waals surface area contributed by atoms with Gasteiger partial charge >= 0.3 is 17.9 Å². The Hall–Kier alpha value is -2.87. The van der Waals surface area contributed by atoms with Gasteiger partial charge in [0.2, 0.25) is 0 Å². The predicted molar refractivity (Wildman–Crippen MR) is 125 cm³/mol. The number of halogens is 1. The van der Waals surface area contributed by atoms with Crippen LogP contribution in [0.1, 0.15) is 51.7 Å². The first kappa shape index (κ1) is 25.4. The van der Waals surface area contributed by atoms with Gasteiger partial charge in [-0.1, -0.05) is 24.3 Å². The number of nitrogens with one attached hydrogen (secondary N) is 1. The molecule has 1 N–H and O–H groups in total. The molecule has 1 aromatic carbocycles. The van der Waals surface area contributed by atoms with Gasteiger partial charge < -0.3 is 19.5 Å². The van der Waals surface area contributed by atoms with Crippen LogP contribution in [0.15, 0.2) is 51.3 Å². The van der Waals surface area contributed by atoms with Crippen molar-refractivity contribution in [1.29, 1.82) is 0 Å². The largest absolute Gasteiger partial charge is 0.463 e. The highest BCUT2D eigenvalue weighted by molar-refractivity contribution is 9.12. The fourth-order valence-corrected chi connectivity index (χ4v) is 3.93. The summed E-state index contributed by atoms with van der Waals surface area (Å²) in [6, 6.07) is 7.23. The molecule has 0 saturated carbocycles. The first-order valence-electron chi connectivity index (χ1n) is 10.4. The van der Waals surface area contributed by atoms with Crippen molar-refractivity contribution in [2.24, 2.45) is 0 Å². The van der Waals surface area contributed by atoms with Gasteiger partial charge in [-0.2, -0.15) is 0 Å². The van der Waals surface area contributed by atoms with Crippen LogP contribution in [-0.4, -0.2) is 37.7 Å². The number of rotatable bonds is 8. The zero-order valence-corrected chi connectivity index (χ0v) is 20.5. The van der Waals surface area contributed by atoms with Crippen LogP contribution in [0.4, 0.5) is 0 Å². The first-order valence-corrected chi connectivity index (χ1v) is 11.2. The number of carbonyl (C=O) groups excluding carboxylic acids is 3. The van der Waals surface area contributed by atoms with Gasteiger partial charge in [0.15, 0.2) is 0 Å². The van der Waals surface area contributed by atoms with Gasteiger partial charge in [0.25, 0.3) is 0 Å². The molecule has 7 nitrogen and oxygen atoms in total. The molecule has 0 fully saturated rings. The molecular formula is C24H28BrNO6. The Morgan fingerprint density at radius 1 is 0.906 bits per heavy atom. The lowest BCUT2D eigenvalue weighted by Gasteiger charge is -2.31. The monoisotopic (exact) mass is 505 g/mol. The van der Waals surface area contributed by atoms with Crippen molar-refractivity contribution < 1.29 is 28.6 Å². The summed E-state index contributed by atoms with van der Waals surface area (Å²) in [7, 11) is 0. The fraction of sp³-hybridized carbons (Fsp3) is 0.375. The van der Waals surface area contributed by atoms with Crippen molar-refractivity contribution in [1.82, 2.24) is 5.32 Å². The van der Waals surface area contributed by atoms with Gasteiger partial charge in [0, 0.05) is 11.4 Å². The summed E-state index contributed by atoms with van der Waals surface area (Å²) < 4.78 is 15.9. The maximum Gasteiger partial charge on any atom is 0.345 e. The number of hydrogen-bond donors (Lipinski definition) is 1. The van der Waals surface area contributed by atoms with E-state index in [0.717, 1.165) is 0 Å². The van der Waals surface area contributed by atoms with Crippen LogP contribution in [0.2, 0.25) is 0 Å². The lowest BCUT2D eigenvalue weighted by molar-refractivity contribution is -0.140. The van der Waals surface area contributed by atoms with Gasteiger partial charge in [-0.05, 0) is 67.8 Å². The highest BCUT2D eigenvalue weighted by Crippen LogP contribution is 2.41. The minimum absolute atomic E-state index is 0.190. The van der Waals surface area contributed by atoms with Gasteiger partial charge in [-0.3, -0.25) is 0 Å². The minimum Gasteiger partial charge on any atom is -0.463 e. The summed E-state index contributed by atoms with van der Waals surface area (Å²) in [6.45, 7) is 9.31. The van der Waals surface area contributed by atoms with E-state index >= 15 is 0 Å². The maximum absolute atomic E-state index is 13.0. The molecule has 0 aromatic heterocycles. The second-order valence-corrected chi connectivity index (χ2v) is 7.77. The molecule has 0 spiro atoms. The summed E-state index contributed by atoms with van der Waals surface area (Å²) in [4.78, 5) is 38.1. The third-order valence-electron chi connectivity index (χ3n) is 4.81. The van der Waals surface area contributed by atoms with Gasteiger partial charge in [-0.15, -0.1) is 0 Å². The summed E-state index contributed by atoms with van der Waals surface area (Å²) in [5.41, 5.74) is 3.09. The van der Waals surface area contributed by atoms with Gasteiger partial charge in [0.05, 0.1) is 36.9 Å². The molecule has 0 bridgehead atoms. The molecule has 0 saturated heterocycles. The molecule has 1 aliphatic rings. The van der Waals surface area contributed by atoms with Gasteiger partial charge in [-0.25, -0.2) is 14.4 Å². The molecule has 1 aliphatic heterocycles. The average Bonchev–Trinajstić information content (AvgIpc) is 2.74. The zero-order valence-electron chi connectivity index (χ0n) is 18.9. The van der Waals surface area contributed by atoms with E-state index in [1.54, 1.807) is 46.8 Å². The Kier molecular flexibility index (Phi) is 9.26. The zero-order chi connectivity index (χ0) is 23.8. The molecule has 172 valence electrons. The normalized spacial score (nSPS) is 14.8. The highest BCUT2D eigenvalue weighted by atomic mass is 79.9. The topological polar surface area (TPSA) is 90.9 Å². The Bertz CT molecular complexity index is 952.